The van der Waals surface area contributed by atoms with Gasteiger partial charge >= 0.3 is 5.63 Å². The summed E-state index contributed by atoms with van der Waals surface area (Å²) in [5, 5.41) is 6.66. The fourth-order valence-corrected chi connectivity index (χ4v) is 3.35. The fourth-order valence-electron chi connectivity index (χ4n) is 2.62. The topological polar surface area (TPSA) is 64.4 Å². The summed E-state index contributed by atoms with van der Waals surface area (Å²) in [6.45, 7) is 2.59. The van der Waals surface area contributed by atoms with Crippen molar-refractivity contribution in [1.29, 1.82) is 0 Å². The molecule has 0 saturated heterocycles. The van der Waals surface area contributed by atoms with E-state index in [9.17, 15) is 4.79 Å². The molecule has 6 heteroatoms. The molecule has 0 aliphatic carbocycles. The van der Waals surface area contributed by atoms with E-state index in [1.807, 2.05) is 60.8 Å². The number of nitrogens with one attached hydrogen (secondary N) is 1. The zero-order valence-corrected chi connectivity index (χ0v) is 14.9. The number of para-hydroxylation sites is 1. The van der Waals surface area contributed by atoms with Crippen LogP contribution in [0.1, 0.15) is 6.92 Å². The van der Waals surface area contributed by atoms with Crippen molar-refractivity contribution in [2.45, 2.75) is 6.92 Å². The SMILES string of the molecule is CCOc1ccc(Nc2nc(-c3cc4ccccc4oc3=O)cs2)cc1. The summed E-state index contributed by atoms with van der Waals surface area (Å²) >= 11 is 1.43. The van der Waals surface area contributed by atoms with Gasteiger partial charge in [0.1, 0.15) is 11.3 Å². The van der Waals surface area contributed by atoms with Gasteiger partial charge in [-0.15, -0.1) is 11.3 Å². The Morgan fingerprint density at radius 1 is 1.15 bits per heavy atom. The molecule has 2 aromatic carbocycles. The van der Waals surface area contributed by atoms with E-state index in [1.165, 1.54) is 11.3 Å². The predicted octanol–water partition coefficient (Wildman–Crippen LogP) is 5.06. The van der Waals surface area contributed by atoms with E-state index in [4.69, 9.17) is 9.15 Å². The van der Waals surface area contributed by atoms with Crippen molar-refractivity contribution in [3.05, 3.63) is 70.4 Å². The number of fused-ring (bicyclic) bond motifs is 1. The normalized spacial score (nSPS) is 10.8. The van der Waals surface area contributed by atoms with Crippen molar-refractivity contribution >= 4 is 33.1 Å². The molecule has 130 valence electrons. The molecule has 0 unspecified atom stereocenters. The van der Waals surface area contributed by atoms with Gasteiger partial charge in [0.25, 0.3) is 0 Å². The van der Waals surface area contributed by atoms with Crippen LogP contribution in [-0.2, 0) is 0 Å². The van der Waals surface area contributed by atoms with E-state index in [-0.39, 0.29) is 5.63 Å². The third kappa shape index (κ3) is 3.32. The van der Waals surface area contributed by atoms with Gasteiger partial charge in [0.05, 0.1) is 17.9 Å². The Kier molecular flexibility index (Phi) is 4.41. The minimum absolute atomic E-state index is 0.387. The molecule has 2 aromatic heterocycles. The van der Waals surface area contributed by atoms with Crippen LogP contribution in [0.3, 0.4) is 0 Å². The van der Waals surface area contributed by atoms with Crippen LogP contribution in [0, 0.1) is 0 Å². The number of hydrogen-bond acceptors (Lipinski definition) is 6. The van der Waals surface area contributed by atoms with Crippen molar-refractivity contribution in [2.75, 3.05) is 11.9 Å². The van der Waals surface area contributed by atoms with E-state index >= 15 is 0 Å². The number of aromatic nitrogens is 1. The average Bonchev–Trinajstić information content (AvgIpc) is 3.11. The standard InChI is InChI=1S/C20H16N2O3S/c1-2-24-15-9-7-14(8-10-15)21-20-22-17(12-26-20)16-11-13-5-3-4-6-18(13)25-19(16)23/h3-12H,2H2,1H3,(H,21,22). The van der Waals surface area contributed by atoms with Crippen LogP contribution >= 0.6 is 11.3 Å². The summed E-state index contributed by atoms with van der Waals surface area (Å²) in [5.74, 6) is 0.826. The van der Waals surface area contributed by atoms with Crippen molar-refractivity contribution in [1.82, 2.24) is 4.98 Å². The number of benzene rings is 2. The Morgan fingerprint density at radius 2 is 1.96 bits per heavy atom. The summed E-state index contributed by atoms with van der Waals surface area (Å²) in [5.41, 5.74) is 2.15. The summed E-state index contributed by atoms with van der Waals surface area (Å²) in [7, 11) is 0. The first-order chi connectivity index (χ1) is 12.7. The number of anilines is 2. The molecule has 0 aliphatic heterocycles. The van der Waals surface area contributed by atoms with Crippen molar-refractivity contribution < 1.29 is 9.15 Å². The van der Waals surface area contributed by atoms with Gasteiger partial charge in [-0.25, -0.2) is 9.78 Å². The largest absolute Gasteiger partial charge is 0.494 e. The molecule has 0 aliphatic rings. The Morgan fingerprint density at radius 3 is 2.77 bits per heavy atom. The first-order valence-corrected chi connectivity index (χ1v) is 9.09. The highest BCUT2D eigenvalue weighted by Crippen LogP contribution is 2.28. The van der Waals surface area contributed by atoms with E-state index in [1.54, 1.807) is 6.07 Å². The first-order valence-electron chi connectivity index (χ1n) is 8.21. The molecule has 0 radical (unpaired) electrons. The van der Waals surface area contributed by atoms with E-state index in [0.717, 1.165) is 16.8 Å². The highest BCUT2D eigenvalue weighted by atomic mass is 32.1. The maximum Gasteiger partial charge on any atom is 0.345 e. The van der Waals surface area contributed by atoms with E-state index in [0.29, 0.717) is 28.6 Å². The van der Waals surface area contributed by atoms with Gasteiger partial charge in [-0.05, 0) is 43.3 Å². The van der Waals surface area contributed by atoms with Crippen LogP contribution < -0.4 is 15.7 Å². The summed E-state index contributed by atoms with van der Waals surface area (Å²) in [6.07, 6.45) is 0. The molecule has 1 N–H and O–H groups in total. The molecular weight excluding hydrogens is 348 g/mol. The molecule has 0 atom stereocenters. The maximum absolute atomic E-state index is 12.3. The van der Waals surface area contributed by atoms with Gasteiger partial charge in [-0.2, -0.15) is 0 Å². The first kappa shape index (κ1) is 16.4. The number of nitrogens with zero attached hydrogens (tertiary/aromatic N) is 1. The van der Waals surface area contributed by atoms with Gasteiger partial charge in [-0.3, -0.25) is 0 Å². The lowest BCUT2D eigenvalue weighted by Gasteiger charge is -2.05. The minimum Gasteiger partial charge on any atom is -0.494 e. The Hall–Kier alpha value is -3.12. The molecular formula is C20H16N2O3S. The van der Waals surface area contributed by atoms with Gasteiger partial charge in [0, 0.05) is 16.5 Å². The number of hydrogen-bond donors (Lipinski definition) is 1. The quantitative estimate of drug-likeness (QED) is 0.502. The number of rotatable bonds is 5. The van der Waals surface area contributed by atoms with E-state index in [2.05, 4.69) is 10.3 Å². The number of ether oxygens (including phenoxy) is 1. The summed E-state index contributed by atoms with van der Waals surface area (Å²) in [4.78, 5) is 16.8. The molecule has 0 fully saturated rings. The second-order valence-electron chi connectivity index (χ2n) is 5.61. The molecule has 0 bridgehead atoms. The highest BCUT2D eigenvalue weighted by Gasteiger charge is 2.11. The average molecular weight is 364 g/mol. The minimum atomic E-state index is -0.387. The highest BCUT2D eigenvalue weighted by molar-refractivity contribution is 7.14. The second-order valence-corrected chi connectivity index (χ2v) is 6.46. The summed E-state index contributed by atoms with van der Waals surface area (Å²) in [6, 6.07) is 16.9. The van der Waals surface area contributed by atoms with Crippen molar-refractivity contribution in [2.24, 2.45) is 0 Å². The van der Waals surface area contributed by atoms with Crippen LogP contribution in [0.2, 0.25) is 0 Å². The maximum atomic E-state index is 12.3. The van der Waals surface area contributed by atoms with Crippen LogP contribution in [-0.4, -0.2) is 11.6 Å². The Bertz CT molecular complexity index is 1100. The summed E-state index contributed by atoms with van der Waals surface area (Å²) < 4.78 is 10.8. The molecule has 4 rings (SSSR count). The second kappa shape index (κ2) is 7.01. The van der Waals surface area contributed by atoms with Gasteiger partial charge in [0.2, 0.25) is 0 Å². The van der Waals surface area contributed by atoms with Crippen LogP contribution in [0.4, 0.5) is 10.8 Å². The molecule has 26 heavy (non-hydrogen) atoms. The third-order valence-corrected chi connectivity index (χ3v) is 4.60. The van der Waals surface area contributed by atoms with E-state index < -0.39 is 0 Å². The van der Waals surface area contributed by atoms with Gasteiger partial charge in [0.15, 0.2) is 5.13 Å². The van der Waals surface area contributed by atoms with Crippen molar-refractivity contribution in [3.8, 4) is 17.0 Å². The molecule has 0 saturated carbocycles. The zero-order chi connectivity index (χ0) is 17.9. The van der Waals surface area contributed by atoms with Crippen LogP contribution in [0.15, 0.2) is 69.2 Å². The van der Waals surface area contributed by atoms with Crippen molar-refractivity contribution in [3.63, 3.8) is 0 Å². The third-order valence-electron chi connectivity index (χ3n) is 3.84. The number of thiazole rings is 1. The molecule has 0 spiro atoms. The lowest BCUT2D eigenvalue weighted by molar-refractivity contribution is 0.340. The monoisotopic (exact) mass is 364 g/mol. The lowest BCUT2D eigenvalue weighted by atomic mass is 10.1. The predicted molar refractivity (Wildman–Crippen MR) is 104 cm³/mol. The molecule has 5 nitrogen and oxygen atoms in total. The smallest absolute Gasteiger partial charge is 0.345 e. The zero-order valence-electron chi connectivity index (χ0n) is 14.1. The molecule has 4 aromatic rings. The Balaban J connectivity index is 1.60. The molecule has 2 heterocycles. The molecule has 0 amide bonds. The lowest BCUT2D eigenvalue weighted by Crippen LogP contribution is -2.02. The van der Waals surface area contributed by atoms with Crippen LogP contribution in [0.25, 0.3) is 22.2 Å². The Labute approximate surface area is 153 Å². The fraction of sp³-hybridized carbons (Fsp3) is 0.100. The van der Waals surface area contributed by atoms with Crippen LogP contribution in [0.5, 0.6) is 5.75 Å². The van der Waals surface area contributed by atoms with Gasteiger partial charge in [-0.1, -0.05) is 18.2 Å². The van der Waals surface area contributed by atoms with Gasteiger partial charge < -0.3 is 14.5 Å².